The summed E-state index contributed by atoms with van der Waals surface area (Å²) in [5.74, 6) is 0.604. The van der Waals surface area contributed by atoms with Crippen LogP contribution < -0.4 is 5.32 Å². The second kappa shape index (κ2) is 8.72. The predicted molar refractivity (Wildman–Crippen MR) is 124 cm³/mol. The number of nitrogens with one attached hydrogen (secondary N) is 1. The largest absolute Gasteiger partial charge is 0.338 e. The molecule has 2 aromatic carbocycles. The Labute approximate surface area is 187 Å². The van der Waals surface area contributed by atoms with Crippen LogP contribution >= 0.6 is 15.9 Å². The third kappa shape index (κ3) is 4.02. The van der Waals surface area contributed by atoms with Crippen molar-refractivity contribution in [3.05, 3.63) is 69.7 Å². The Balaban J connectivity index is 1.27. The minimum Gasteiger partial charge on any atom is -0.338 e. The van der Waals surface area contributed by atoms with Crippen LogP contribution in [0.3, 0.4) is 0 Å². The van der Waals surface area contributed by atoms with Crippen molar-refractivity contribution < 1.29 is 4.79 Å². The highest BCUT2D eigenvalue weighted by molar-refractivity contribution is 9.10. The van der Waals surface area contributed by atoms with Gasteiger partial charge in [0.25, 0.3) is 0 Å². The third-order valence-electron chi connectivity index (χ3n) is 7.22. The SMILES string of the molecule is O=C(NCCc1ccccc1)N1CCC[C@@H]2CN3CCc4cc(Br)ccc4[C@@H]3C[C@@H]21. The monoisotopic (exact) mass is 467 g/mol. The molecule has 158 valence electrons. The summed E-state index contributed by atoms with van der Waals surface area (Å²) < 4.78 is 1.17. The van der Waals surface area contributed by atoms with Crippen LogP contribution in [0, 0.1) is 5.92 Å². The molecule has 0 saturated carbocycles. The van der Waals surface area contributed by atoms with E-state index >= 15 is 0 Å². The maximum Gasteiger partial charge on any atom is 0.317 e. The van der Waals surface area contributed by atoms with Crippen molar-refractivity contribution in [2.75, 3.05) is 26.2 Å². The average Bonchev–Trinajstić information content (AvgIpc) is 2.77. The highest BCUT2D eigenvalue weighted by Crippen LogP contribution is 2.43. The molecule has 0 spiro atoms. The Kier molecular flexibility index (Phi) is 5.83. The summed E-state index contributed by atoms with van der Waals surface area (Å²) in [6, 6.07) is 18.1. The van der Waals surface area contributed by atoms with Crippen molar-refractivity contribution in [2.24, 2.45) is 5.92 Å². The molecule has 1 N–H and O–H groups in total. The molecule has 0 radical (unpaired) electrons. The van der Waals surface area contributed by atoms with Gasteiger partial charge in [0.2, 0.25) is 0 Å². The first kappa shape index (κ1) is 20.1. The van der Waals surface area contributed by atoms with E-state index in [2.05, 4.69) is 73.5 Å². The molecule has 0 bridgehead atoms. The van der Waals surface area contributed by atoms with Crippen LogP contribution in [0.2, 0.25) is 0 Å². The Hall–Kier alpha value is -1.85. The Morgan fingerprint density at radius 3 is 2.87 bits per heavy atom. The molecule has 0 aliphatic carbocycles. The fraction of sp³-hybridized carbons (Fsp3) is 0.480. The van der Waals surface area contributed by atoms with E-state index < -0.39 is 0 Å². The summed E-state index contributed by atoms with van der Waals surface area (Å²) in [4.78, 5) is 17.9. The van der Waals surface area contributed by atoms with Gasteiger partial charge in [0.15, 0.2) is 0 Å². The first-order valence-electron chi connectivity index (χ1n) is 11.3. The number of hydrogen-bond acceptors (Lipinski definition) is 2. The zero-order valence-corrected chi connectivity index (χ0v) is 19.0. The van der Waals surface area contributed by atoms with Crippen LogP contribution in [-0.4, -0.2) is 48.1 Å². The first-order chi connectivity index (χ1) is 14.7. The van der Waals surface area contributed by atoms with Gasteiger partial charge in [0.1, 0.15) is 0 Å². The van der Waals surface area contributed by atoms with Crippen LogP contribution in [0.1, 0.15) is 42.0 Å². The molecule has 3 atom stereocenters. The van der Waals surface area contributed by atoms with E-state index in [0.29, 0.717) is 24.5 Å². The van der Waals surface area contributed by atoms with Crippen molar-refractivity contribution in [3.8, 4) is 0 Å². The third-order valence-corrected chi connectivity index (χ3v) is 7.71. The number of nitrogens with zero attached hydrogens (tertiary/aromatic N) is 2. The van der Waals surface area contributed by atoms with Crippen LogP contribution in [-0.2, 0) is 12.8 Å². The molecule has 4 nitrogen and oxygen atoms in total. The summed E-state index contributed by atoms with van der Waals surface area (Å²) in [5, 5.41) is 3.20. The van der Waals surface area contributed by atoms with Crippen LogP contribution in [0.5, 0.6) is 0 Å². The molecule has 3 aliphatic rings. The number of piperidine rings is 2. The molecule has 2 amide bonds. The minimum atomic E-state index is 0.126. The maximum atomic E-state index is 13.1. The zero-order valence-electron chi connectivity index (χ0n) is 17.4. The van der Waals surface area contributed by atoms with Crippen LogP contribution in [0.25, 0.3) is 0 Å². The number of fused-ring (bicyclic) bond motifs is 4. The summed E-state index contributed by atoms with van der Waals surface area (Å²) in [6.07, 6.45) is 5.44. The number of likely N-dealkylation sites (tertiary alicyclic amines) is 1. The van der Waals surface area contributed by atoms with E-state index in [0.717, 1.165) is 45.3 Å². The maximum absolute atomic E-state index is 13.1. The lowest BCUT2D eigenvalue weighted by molar-refractivity contribution is 0.00578. The van der Waals surface area contributed by atoms with E-state index in [1.807, 2.05) is 6.07 Å². The van der Waals surface area contributed by atoms with Crippen molar-refractivity contribution in [1.82, 2.24) is 15.1 Å². The van der Waals surface area contributed by atoms with Gasteiger partial charge in [-0.25, -0.2) is 4.79 Å². The van der Waals surface area contributed by atoms with Crippen LogP contribution in [0.4, 0.5) is 4.79 Å². The molecule has 5 rings (SSSR count). The van der Waals surface area contributed by atoms with E-state index in [1.54, 1.807) is 0 Å². The topological polar surface area (TPSA) is 35.6 Å². The van der Waals surface area contributed by atoms with Crippen molar-refractivity contribution in [1.29, 1.82) is 0 Å². The van der Waals surface area contributed by atoms with Gasteiger partial charge in [0.05, 0.1) is 0 Å². The minimum absolute atomic E-state index is 0.126. The molecule has 0 aromatic heterocycles. The molecule has 30 heavy (non-hydrogen) atoms. The Bertz CT molecular complexity index is 903. The Morgan fingerprint density at radius 1 is 1.13 bits per heavy atom. The second-order valence-electron chi connectivity index (χ2n) is 8.97. The summed E-state index contributed by atoms with van der Waals surface area (Å²) in [7, 11) is 0. The lowest BCUT2D eigenvalue weighted by Gasteiger charge is -2.52. The number of carbonyl (C=O) groups excluding carboxylic acids is 1. The molecular weight excluding hydrogens is 438 g/mol. The quantitative estimate of drug-likeness (QED) is 0.704. The molecule has 3 aliphatic heterocycles. The van der Waals surface area contributed by atoms with Crippen molar-refractivity contribution in [2.45, 2.75) is 44.2 Å². The number of benzene rings is 2. The van der Waals surface area contributed by atoms with Crippen molar-refractivity contribution in [3.63, 3.8) is 0 Å². The van der Waals surface area contributed by atoms with Gasteiger partial charge < -0.3 is 10.2 Å². The van der Waals surface area contributed by atoms with Crippen molar-refractivity contribution >= 4 is 22.0 Å². The Morgan fingerprint density at radius 2 is 2.00 bits per heavy atom. The van der Waals surface area contributed by atoms with E-state index in [4.69, 9.17) is 0 Å². The molecule has 2 aromatic rings. The zero-order chi connectivity index (χ0) is 20.5. The fourth-order valence-electron chi connectivity index (χ4n) is 5.74. The highest BCUT2D eigenvalue weighted by Gasteiger charge is 2.43. The highest BCUT2D eigenvalue weighted by atomic mass is 79.9. The fourth-order valence-corrected chi connectivity index (χ4v) is 6.15. The van der Waals surface area contributed by atoms with E-state index in [1.165, 1.54) is 27.6 Å². The van der Waals surface area contributed by atoms with Gasteiger partial charge in [-0.15, -0.1) is 0 Å². The number of carbonyl (C=O) groups is 1. The molecular formula is C25H30BrN3O. The lowest BCUT2D eigenvalue weighted by Crippen LogP contribution is -2.59. The number of halogens is 1. The smallest absolute Gasteiger partial charge is 0.317 e. The van der Waals surface area contributed by atoms with E-state index in [9.17, 15) is 4.79 Å². The molecule has 5 heteroatoms. The van der Waals surface area contributed by atoms with Gasteiger partial charge in [-0.3, -0.25) is 4.90 Å². The lowest BCUT2D eigenvalue weighted by atomic mass is 9.77. The number of urea groups is 1. The predicted octanol–water partition coefficient (Wildman–Crippen LogP) is 4.78. The van der Waals surface area contributed by atoms with Gasteiger partial charge >= 0.3 is 6.03 Å². The average molecular weight is 468 g/mol. The number of hydrogen-bond donors (Lipinski definition) is 1. The summed E-state index contributed by atoms with van der Waals surface area (Å²) in [6.45, 7) is 3.85. The van der Waals surface area contributed by atoms with Gasteiger partial charge in [-0.2, -0.15) is 0 Å². The van der Waals surface area contributed by atoms with Crippen LogP contribution in [0.15, 0.2) is 53.0 Å². The normalized spacial score (nSPS) is 25.8. The number of rotatable bonds is 3. The van der Waals surface area contributed by atoms with Gasteiger partial charge in [-0.1, -0.05) is 52.3 Å². The van der Waals surface area contributed by atoms with E-state index in [-0.39, 0.29) is 6.03 Å². The standard InChI is InChI=1S/C25H30BrN3O/c26-21-8-9-22-19(15-21)11-14-28-17-20-7-4-13-29(23(20)16-24(22)28)25(30)27-12-10-18-5-2-1-3-6-18/h1-3,5-6,8-9,15,20,23-24H,4,7,10-14,16-17H2,(H,27,30)/t20-,23+,24+/m1/s1. The van der Waals surface area contributed by atoms with Gasteiger partial charge in [0, 0.05) is 42.7 Å². The molecule has 0 unspecified atom stereocenters. The molecule has 2 saturated heterocycles. The molecule has 3 heterocycles. The summed E-state index contributed by atoms with van der Waals surface area (Å²) in [5.41, 5.74) is 4.21. The van der Waals surface area contributed by atoms with Gasteiger partial charge in [-0.05, 0) is 66.8 Å². The first-order valence-corrected chi connectivity index (χ1v) is 12.1. The number of amides is 2. The summed E-state index contributed by atoms with van der Waals surface area (Å²) >= 11 is 3.63. The molecule has 2 fully saturated rings. The second-order valence-corrected chi connectivity index (χ2v) is 9.89.